The molecule has 1 amide bonds. The molecule has 1 aromatic carbocycles. The SMILES string of the molecule is O=C(Nc1cc(Cl)ccn1)c1ccc(CN2CCC(O)CC2)cc1. The van der Waals surface area contributed by atoms with Gasteiger partial charge < -0.3 is 10.4 Å². The molecule has 0 saturated carbocycles. The fourth-order valence-corrected chi connectivity index (χ4v) is 2.92. The third kappa shape index (κ3) is 4.54. The highest BCUT2D eigenvalue weighted by molar-refractivity contribution is 6.30. The summed E-state index contributed by atoms with van der Waals surface area (Å²) in [6.07, 6.45) is 3.05. The standard InChI is InChI=1S/C18H20ClN3O2/c19-15-5-8-20-17(11-15)21-18(24)14-3-1-13(2-4-14)12-22-9-6-16(23)7-10-22/h1-5,8,11,16,23H,6-7,9-10,12H2,(H,20,21,24). The first-order valence-electron chi connectivity index (χ1n) is 8.02. The summed E-state index contributed by atoms with van der Waals surface area (Å²) < 4.78 is 0. The Hall–Kier alpha value is -1.95. The summed E-state index contributed by atoms with van der Waals surface area (Å²) in [5.41, 5.74) is 1.73. The summed E-state index contributed by atoms with van der Waals surface area (Å²) in [4.78, 5) is 18.6. The van der Waals surface area contributed by atoms with Crippen LogP contribution in [0.5, 0.6) is 0 Å². The highest BCUT2D eigenvalue weighted by atomic mass is 35.5. The van der Waals surface area contributed by atoms with Crippen molar-refractivity contribution in [1.29, 1.82) is 0 Å². The summed E-state index contributed by atoms with van der Waals surface area (Å²) in [7, 11) is 0. The molecule has 2 N–H and O–H groups in total. The van der Waals surface area contributed by atoms with E-state index in [9.17, 15) is 9.90 Å². The van der Waals surface area contributed by atoms with Crippen molar-refractivity contribution in [2.24, 2.45) is 0 Å². The van der Waals surface area contributed by atoms with E-state index in [1.165, 1.54) is 0 Å². The van der Waals surface area contributed by atoms with Crippen LogP contribution in [0.25, 0.3) is 0 Å². The lowest BCUT2D eigenvalue weighted by Gasteiger charge is -2.29. The maximum Gasteiger partial charge on any atom is 0.256 e. The number of anilines is 1. The zero-order valence-corrected chi connectivity index (χ0v) is 14.0. The minimum Gasteiger partial charge on any atom is -0.393 e. The summed E-state index contributed by atoms with van der Waals surface area (Å²) in [5, 5.41) is 12.8. The number of rotatable bonds is 4. The lowest BCUT2D eigenvalue weighted by Crippen LogP contribution is -2.35. The molecule has 0 radical (unpaired) electrons. The van der Waals surface area contributed by atoms with Gasteiger partial charge >= 0.3 is 0 Å². The number of aromatic nitrogens is 1. The maximum atomic E-state index is 12.2. The molecule has 126 valence electrons. The molecule has 1 aromatic heterocycles. The molecule has 1 saturated heterocycles. The molecule has 0 bridgehead atoms. The highest BCUT2D eigenvalue weighted by Gasteiger charge is 2.17. The van der Waals surface area contributed by atoms with Crippen LogP contribution >= 0.6 is 11.6 Å². The van der Waals surface area contributed by atoms with Crippen LogP contribution in [0.4, 0.5) is 5.82 Å². The predicted molar refractivity (Wildman–Crippen MR) is 94.2 cm³/mol. The van der Waals surface area contributed by atoms with Crippen molar-refractivity contribution in [3.05, 3.63) is 58.7 Å². The van der Waals surface area contributed by atoms with Crippen LogP contribution in [0.2, 0.25) is 5.02 Å². The Morgan fingerprint density at radius 3 is 2.62 bits per heavy atom. The van der Waals surface area contributed by atoms with E-state index in [4.69, 9.17) is 11.6 Å². The van der Waals surface area contributed by atoms with Crippen molar-refractivity contribution in [2.75, 3.05) is 18.4 Å². The summed E-state index contributed by atoms with van der Waals surface area (Å²) >= 11 is 5.89. The maximum absolute atomic E-state index is 12.2. The number of nitrogens with zero attached hydrogens (tertiary/aromatic N) is 2. The summed E-state index contributed by atoms with van der Waals surface area (Å²) in [6, 6.07) is 10.8. The molecular formula is C18H20ClN3O2. The molecule has 6 heteroatoms. The Bertz CT molecular complexity index is 698. The number of aliphatic hydroxyl groups excluding tert-OH is 1. The predicted octanol–water partition coefficient (Wildman–Crippen LogP) is 2.94. The van der Waals surface area contributed by atoms with Crippen molar-refractivity contribution < 1.29 is 9.90 Å². The van der Waals surface area contributed by atoms with Gasteiger partial charge in [-0.2, -0.15) is 0 Å². The van der Waals surface area contributed by atoms with Crippen LogP contribution in [-0.2, 0) is 6.54 Å². The molecule has 0 unspecified atom stereocenters. The molecular weight excluding hydrogens is 326 g/mol. The number of pyridine rings is 1. The molecule has 2 heterocycles. The van der Waals surface area contributed by atoms with Crippen molar-refractivity contribution >= 4 is 23.3 Å². The first-order chi connectivity index (χ1) is 11.6. The number of aliphatic hydroxyl groups is 1. The van der Waals surface area contributed by atoms with Gasteiger partial charge in [0.05, 0.1) is 6.10 Å². The van der Waals surface area contributed by atoms with Gasteiger partial charge in [-0.3, -0.25) is 9.69 Å². The van der Waals surface area contributed by atoms with Crippen LogP contribution in [-0.4, -0.2) is 40.1 Å². The van der Waals surface area contributed by atoms with Crippen LogP contribution in [0.15, 0.2) is 42.6 Å². The smallest absolute Gasteiger partial charge is 0.256 e. The van der Waals surface area contributed by atoms with E-state index in [1.54, 1.807) is 18.3 Å². The Kier molecular flexibility index (Phi) is 5.45. The number of carbonyl (C=O) groups is 1. The number of amides is 1. The lowest BCUT2D eigenvalue weighted by atomic mass is 10.1. The second-order valence-corrected chi connectivity index (χ2v) is 6.45. The van der Waals surface area contributed by atoms with Gasteiger partial charge in [0.25, 0.3) is 5.91 Å². The van der Waals surface area contributed by atoms with E-state index in [0.29, 0.717) is 16.4 Å². The quantitative estimate of drug-likeness (QED) is 0.894. The van der Waals surface area contributed by atoms with Crippen LogP contribution in [0.1, 0.15) is 28.8 Å². The van der Waals surface area contributed by atoms with E-state index >= 15 is 0 Å². The monoisotopic (exact) mass is 345 g/mol. The topological polar surface area (TPSA) is 65.5 Å². The zero-order chi connectivity index (χ0) is 16.9. The van der Waals surface area contributed by atoms with E-state index in [2.05, 4.69) is 15.2 Å². The highest BCUT2D eigenvalue weighted by Crippen LogP contribution is 2.16. The van der Waals surface area contributed by atoms with Gasteiger partial charge in [0.15, 0.2) is 0 Å². The number of carbonyl (C=O) groups excluding carboxylic acids is 1. The van der Waals surface area contributed by atoms with Gasteiger partial charge in [0, 0.05) is 36.4 Å². The molecule has 0 spiro atoms. The number of hydrogen-bond donors (Lipinski definition) is 2. The molecule has 24 heavy (non-hydrogen) atoms. The third-order valence-corrected chi connectivity index (χ3v) is 4.38. The Labute approximate surface area is 146 Å². The molecule has 3 rings (SSSR count). The van der Waals surface area contributed by atoms with Gasteiger partial charge in [0.2, 0.25) is 0 Å². The second-order valence-electron chi connectivity index (χ2n) is 6.02. The largest absolute Gasteiger partial charge is 0.393 e. The molecule has 2 aromatic rings. The van der Waals surface area contributed by atoms with Gasteiger partial charge in [-0.15, -0.1) is 0 Å². The Morgan fingerprint density at radius 2 is 1.96 bits per heavy atom. The van der Waals surface area contributed by atoms with Gasteiger partial charge in [-0.25, -0.2) is 4.98 Å². The number of nitrogens with one attached hydrogen (secondary N) is 1. The van der Waals surface area contributed by atoms with E-state index in [0.717, 1.165) is 38.0 Å². The average Bonchev–Trinajstić information content (AvgIpc) is 2.57. The molecule has 0 aliphatic carbocycles. The number of likely N-dealkylation sites (tertiary alicyclic amines) is 1. The van der Waals surface area contributed by atoms with Crippen molar-refractivity contribution in [2.45, 2.75) is 25.5 Å². The van der Waals surface area contributed by atoms with Crippen LogP contribution < -0.4 is 5.32 Å². The second kappa shape index (κ2) is 7.75. The fourth-order valence-electron chi connectivity index (χ4n) is 2.76. The molecule has 1 fully saturated rings. The molecule has 5 nitrogen and oxygen atoms in total. The first-order valence-corrected chi connectivity index (χ1v) is 8.40. The van der Waals surface area contributed by atoms with Gasteiger partial charge in [-0.05, 0) is 42.7 Å². The first kappa shape index (κ1) is 16.9. The minimum atomic E-state index is -0.211. The third-order valence-electron chi connectivity index (χ3n) is 4.14. The van der Waals surface area contributed by atoms with Gasteiger partial charge in [0.1, 0.15) is 5.82 Å². The summed E-state index contributed by atoms with van der Waals surface area (Å²) in [6.45, 7) is 2.65. The van der Waals surface area contributed by atoms with Crippen molar-refractivity contribution in [1.82, 2.24) is 9.88 Å². The number of benzene rings is 1. The molecule has 1 aliphatic heterocycles. The van der Waals surface area contributed by atoms with E-state index in [-0.39, 0.29) is 12.0 Å². The van der Waals surface area contributed by atoms with Crippen LogP contribution in [0, 0.1) is 0 Å². The Morgan fingerprint density at radius 1 is 1.25 bits per heavy atom. The van der Waals surface area contributed by atoms with Gasteiger partial charge in [-0.1, -0.05) is 23.7 Å². The number of piperidine rings is 1. The average molecular weight is 346 g/mol. The zero-order valence-electron chi connectivity index (χ0n) is 13.3. The number of halogens is 1. The molecule has 0 atom stereocenters. The van der Waals surface area contributed by atoms with Crippen molar-refractivity contribution in [3.63, 3.8) is 0 Å². The van der Waals surface area contributed by atoms with E-state index in [1.807, 2.05) is 24.3 Å². The van der Waals surface area contributed by atoms with Crippen molar-refractivity contribution in [3.8, 4) is 0 Å². The van der Waals surface area contributed by atoms with Crippen LogP contribution in [0.3, 0.4) is 0 Å². The number of hydrogen-bond acceptors (Lipinski definition) is 4. The summed E-state index contributed by atoms with van der Waals surface area (Å²) in [5.74, 6) is 0.223. The fraction of sp³-hybridized carbons (Fsp3) is 0.333. The molecule has 1 aliphatic rings. The lowest BCUT2D eigenvalue weighted by molar-refractivity contribution is 0.0792. The Balaban J connectivity index is 1.58. The van der Waals surface area contributed by atoms with E-state index < -0.39 is 0 Å². The minimum absolute atomic E-state index is 0.160. The normalized spacial score (nSPS) is 16.1.